The lowest BCUT2D eigenvalue weighted by molar-refractivity contribution is -0.119. The first-order valence-electron chi connectivity index (χ1n) is 11.2. The number of halogens is 1. The summed E-state index contributed by atoms with van der Waals surface area (Å²) >= 11 is 0. The Bertz CT molecular complexity index is 1200. The highest BCUT2D eigenvalue weighted by molar-refractivity contribution is 7.86. The van der Waals surface area contributed by atoms with E-state index in [1.165, 1.54) is 17.9 Å². The predicted octanol–water partition coefficient (Wildman–Crippen LogP) is 2.29. The van der Waals surface area contributed by atoms with Gasteiger partial charge in [0.25, 0.3) is 10.1 Å². The highest BCUT2D eigenvalue weighted by Crippen LogP contribution is 2.30. The van der Waals surface area contributed by atoms with E-state index in [4.69, 9.17) is 8.92 Å². The Labute approximate surface area is 203 Å². The van der Waals surface area contributed by atoms with Crippen molar-refractivity contribution >= 4 is 33.6 Å². The van der Waals surface area contributed by atoms with Crippen molar-refractivity contribution in [3.8, 4) is 11.1 Å². The SMILES string of the molecule is CC(=O)NCC1CN(c2ccc(-c3ccc(N4CCC(OS(C)(=O)=O)CC4)nc3)c(F)c2)C(=O)O1. The van der Waals surface area contributed by atoms with E-state index in [9.17, 15) is 22.4 Å². The second-order valence-corrected chi connectivity index (χ2v) is 10.2. The zero-order valence-electron chi connectivity index (χ0n) is 19.4. The average molecular weight is 507 g/mol. The van der Waals surface area contributed by atoms with E-state index in [1.54, 1.807) is 30.5 Å². The van der Waals surface area contributed by atoms with Crippen molar-refractivity contribution in [2.45, 2.75) is 32.0 Å². The number of carbonyl (C=O) groups excluding carboxylic acids is 2. The maximum Gasteiger partial charge on any atom is 0.414 e. The summed E-state index contributed by atoms with van der Waals surface area (Å²) in [6.45, 7) is 2.98. The molecule has 0 aliphatic carbocycles. The molecule has 1 N–H and O–H groups in total. The third kappa shape index (κ3) is 6.25. The van der Waals surface area contributed by atoms with Crippen molar-refractivity contribution in [1.29, 1.82) is 0 Å². The molecule has 3 heterocycles. The van der Waals surface area contributed by atoms with Crippen LogP contribution in [0, 0.1) is 5.82 Å². The number of piperidine rings is 1. The minimum absolute atomic E-state index is 0.193. The fraction of sp³-hybridized carbons (Fsp3) is 0.435. The van der Waals surface area contributed by atoms with Gasteiger partial charge in [-0.15, -0.1) is 0 Å². The highest BCUT2D eigenvalue weighted by atomic mass is 32.2. The molecular formula is C23H27FN4O6S. The van der Waals surface area contributed by atoms with Crippen LogP contribution in [0.25, 0.3) is 11.1 Å². The Balaban J connectivity index is 1.39. The molecule has 1 aromatic heterocycles. The van der Waals surface area contributed by atoms with Crippen LogP contribution in [0.2, 0.25) is 0 Å². The molecule has 0 spiro atoms. The Morgan fingerprint density at radius 2 is 2.00 bits per heavy atom. The number of pyridine rings is 1. The van der Waals surface area contributed by atoms with Gasteiger partial charge in [-0.1, -0.05) is 0 Å². The molecule has 2 fully saturated rings. The molecular weight excluding hydrogens is 479 g/mol. The molecule has 4 rings (SSSR count). The third-order valence-corrected chi connectivity index (χ3v) is 6.47. The number of cyclic esters (lactones) is 1. The number of carbonyl (C=O) groups is 2. The van der Waals surface area contributed by atoms with Gasteiger partial charge in [0, 0.05) is 37.3 Å². The van der Waals surface area contributed by atoms with Crippen molar-refractivity contribution < 1.29 is 31.3 Å². The van der Waals surface area contributed by atoms with Gasteiger partial charge in [-0.2, -0.15) is 8.42 Å². The number of hydrogen-bond donors (Lipinski definition) is 1. The maximum absolute atomic E-state index is 15.0. The molecule has 0 saturated carbocycles. The van der Waals surface area contributed by atoms with Crippen LogP contribution in [0.5, 0.6) is 0 Å². The van der Waals surface area contributed by atoms with Crippen LogP contribution in [0.4, 0.5) is 20.7 Å². The number of anilines is 2. The van der Waals surface area contributed by atoms with Gasteiger partial charge in [-0.3, -0.25) is 13.9 Å². The van der Waals surface area contributed by atoms with Crippen LogP contribution in [-0.2, 0) is 23.8 Å². The molecule has 0 bridgehead atoms. The summed E-state index contributed by atoms with van der Waals surface area (Å²) in [5.41, 5.74) is 1.29. The minimum Gasteiger partial charge on any atom is -0.442 e. The molecule has 12 heteroatoms. The largest absolute Gasteiger partial charge is 0.442 e. The number of aromatic nitrogens is 1. The average Bonchev–Trinajstić information content (AvgIpc) is 3.18. The highest BCUT2D eigenvalue weighted by Gasteiger charge is 2.32. The predicted molar refractivity (Wildman–Crippen MR) is 127 cm³/mol. The van der Waals surface area contributed by atoms with Crippen molar-refractivity contribution in [2.24, 2.45) is 0 Å². The van der Waals surface area contributed by atoms with E-state index in [0.717, 1.165) is 6.26 Å². The zero-order valence-corrected chi connectivity index (χ0v) is 20.3. The summed E-state index contributed by atoms with van der Waals surface area (Å²) in [7, 11) is -3.48. The fourth-order valence-electron chi connectivity index (χ4n) is 4.16. The summed E-state index contributed by atoms with van der Waals surface area (Å²) in [6.07, 6.45) is 2.33. The van der Waals surface area contributed by atoms with Crippen LogP contribution >= 0.6 is 0 Å². The summed E-state index contributed by atoms with van der Waals surface area (Å²) < 4.78 is 47.9. The van der Waals surface area contributed by atoms with E-state index in [-0.39, 0.29) is 25.1 Å². The van der Waals surface area contributed by atoms with Gasteiger partial charge in [-0.25, -0.2) is 14.2 Å². The molecule has 2 amide bonds. The first-order valence-corrected chi connectivity index (χ1v) is 13.0. The second kappa shape index (κ2) is 10.2. The topological polar surface area (TPSA) is 118 Å². The quantitative estimate of drug-likeness (QED) is 0.569. The lowest BCUT2D eigenvalue weighted by atomic mass is 10.1. The monoisotopic (exact) mass is 506 g/mol. The molecule has 188 valence electrons. The van der Waals surface area contributed by atoms with E-state index in [0.29, 0.717) is 48.6 Å². The van der Waals surface area contributed by atoms with Crippen molar-refractivity contribution in [3.63, 3.8) is 0 Å². The van der Waals surface area contributed by atoms with E-state index in [1.807, 2.05) is 4.90 Å². The molecule has 0 radical (unpaired) electrons. The molecule has 2 saturated heterocycles. The van der Waals surface area contributed by atoms with E-state index in [2.05, 4.69) is 10.3 Å². The molecule has 2 aliphatic heterocycles. The van der Waals surface area contributed by atoms with E-state index >= 15 is 0 Å². The Morgan fingerprint density at radius 1 is 1.26 bits per heavy atom. The fourth-order valence-corrected chi connectivity index (χ4v) is 4.85. The van der Waals surface area contributed by atoms with E-state index < -0.39 is 28.1 Å². The minimum atomic E-state index is -3.48. The van der Waals surface area contributed by atoms with Crippen molar-refractivity contribution in [3.05, 3.63) is 42.3 Å². The number of nitrogens with one attached hydrogen (secondary N) is 1. The van der Waals surface area contributed by atoms with Crippen molar-refractivity contribution in [2.75, 3.05) is 42.2 Å². The van der Waals surface area contributed by atoms with Gasteiger partial charge in [0.05, 0.1) is 31.1 Å². The summed E-state index contributed by atoms with van der Waals surface area (Å²) in [4.78, 5) is 31.1. The molecule has 35 heavy (non-hydrogen) atoms. The van der Waals surface area contributed by atoms with Gasteiger partial charge < -0.3 is 15.0 Å². The summed E-state index contributed by atoms with van der Waals surface area (Å²) in [5.74, 6) is -0.0116. The van der Waals surface area contributed by atoms with Crippen LogP contribution < -0.4 is 15.1 Å². The van der Waals surface area contributed by atoms with Gasteiger partial charge in [-0.05, 0) is 43.2 Å². The lowest BCUT2D eigenvalue weighted by Crippen LogP contribution is -2.38. The first-order chi connectivity index (χ1) is 16.6. The van der Waals surface area contributed by atoms with Gasteiger partial charge in [0.1, 0.15) is 17.7 Å². The third-order valence-electron chi connectivity index (χ3n) is 5.85. The Hall–Kier alpha value is -3.25. The molecule has 1 aromatic carbocycles. The lowest BCUT2D eigenvalue weighted by Gasteiger charge is -2.32. The Kier molecular flexibility index (Phi) is 7.22. The molecule has 2 aromatic rings. The number of amides is 2. The van der Waals surface area contributed by atoms with Gasteiger partial charge in [0.2, 0.25) is 5.91 Å². The number of ether oxygens (including phenoxy) is 1. The van der Waals surface area contributed by atoms with Gasteiger partial charge in [0.15, 0.2) is 0 Å². The number of nitrogens with zero attached hydrogens (tertiary/aromatic N) is 3. The van der Waals surface area contributed by atoms with Crippen molar-refractivity contribution in [1.82, 2.24) is 10.3 Å². The summed E-state index contributed by atoms with van der Waals surface area (Å²) in [6, 6.07) is 8.07. The number of benzene rings is 1. The van der Waals surface area contributed by atoms with Crippen LogP contribution in [0.15, 0.2) is 36.5 Å². The smallest absolute Gasteiger partial charge is 0.414 e. The standard InChI is InChI=1S/C23H27FN4O6S/c1-15(29)25-13-19-14-28(23(30)33-19)17-4-5-20(21(24)11-17)16-3-6-22(26-12-16)27-9-7-18(8-10-27)34-35(2,31)32/h3-6,11-12,18-19H,7-10,13-14H2,1-2H3,(H,25,29). The molecule has 1 atom stereocenters. The first kappa shape index (κ1) is 24.9. The molecule has 10 nitrogen and oxygen atoms in total. The number of hydrogen-bond acceptors (Lipinski definition) is 8. The van der Waals surface area contributed by atoms with Crippen LogP contribution in [0.1, 0.15) is 19.8 Å². The number of rotatable bonds is 7. The zero-order chi connectivity index (χ0) is 25.2. The normalized spacial score (nSPS) is 19.1. The summed E-state index contributed by atoms with van der Waals surface area (Å²) in [5, 5.41) is 2.60. The van der Waals surface area contributed by atoms with Gasteiger partial charge >= 0.3 is 6.09 Å². The molecule has 1 unspecified atom stereocenters. The second-order valence-electron chi connectivity index (χ2n) is 8.61. The molecule has 2 aliphatic rings. The maximum atomic E-state index is 15.0. The van der Waals surface area contributed by atoms with Crippen LogP contribution in [-0.4, -0.2) is 70.0 Å². The Morgan fingerprint density at radius 3 is 2.60 bits per heavy atom. The van der Waals surface area contributed by atoms with Crippen LogP contribution in [0.3, 0.4) is 0 Å².